The Labute approximate surface area is 110 Å². The molecule has 0 radical (unpaired) electrons. The van der Waals surface area contributed by atoms with E-state index in [1.54, 1.807) is 24.5 Å². The number of ether oxygens (including phenoxy) is 1. The van der Waals surface area contributed by atoms with E-state index in [1.165, 1.54) is 4.88 Å². The van der Waals surface area contributed by atoms with E-state index in [2.05, 4.69) is 10.3 Å². The summed E-state index contributed by atoms with van der Waals surface area (Å²) in [7, 11) is 1.58. The summed E-state index contributed by atoms with van der Waals surface area (Å²) in [4.78, 5) is 5.39. The van der Waals surface area contributed by atoms with Crippen LogP contribution in [0.2, 0.25) is 0 Å². The van der Waals surface area contributed by atoms with Crippen molar-refractivity contribution >= 4 is 11.3 Å². The predicted octanol–water partition coefficient (Wildman–Crippen LogP) is 2.46. The highest BCUT2D eigenvalue weighted by molar-refractivity contribution is 7.11. The van der Waals surface area contributed by atoms with Gasteiger partial charge in [-0.15, -0.1) is 11.3 Å². The van der Waals surface area contributed by atoms with Gasteiger partial charge in [0, 0.05) is 35.8 Å². The van der Waals surface area contributed by atoms with Gasteiger partial charge in [-0.1, -0.05) is 6.07 Å². The van der Waals surface area contributed by atoms with Crippen LogP contribution in [-0.4, -0.2) is 17.2 Å². The van der Waals surface area contributed by atoms with Gasteiger partial charge in [0.2, 0.25) is 0 Å². The molecule has 0 saturated carbocycles. The van der Waals surface area contributed by atoms with E-state index in [-0.39, 0.29) is 5.75 Å². The van der Waals surface area contributed by atoms with Crippen LogP contribution in [0.1, 0.15) is 15.4 Å². The molecule has 1 aromatic carbocycles. The van der Waals surface area contributed by atoms with E-state index in [4.69, 9.17) is 4.74 Å². The Balaban J connectivity index is 1.90. The number of nitrogens with one attached hydrogen (secondary N) is 1. The van der Waals surface area contributed by atoms with Gasteiger partial charge in [0.1, 0.15) is 11.5 Å². The van der Waals surface area contributed by atoms with Gasteiger partial charge in [-0.3, -0.25) is 0 Å². The monoisotopic (exact) mass is 264 g/mol. The van der Waals surface area contributed by atoms with Gasteiger partial charge in [0.25, 0.3) is 0 Å². The molecule has 2 rings (SSSR count). The normalized spacial score (nSPS) is 10.6. The van der Waals surface area contributed by atoms with Crippen molar-refractivity contribution in [2.45, 2.75) is 20.0 Å². The number of phenols is 1. The first-order valence-electron chi connectivity index (χ1n) is 5.67. The molecule has 18 heavy (non-hydrogen) atoms. The van der Waals surface area contributed by atoms with Crippen LogP contribution in [0.25, 0.3) is 0 Å². The first-order chi connectivity index (χ1) is 8.69. The number of rotatable bonds is 5. The van der Waals surface area contributed by atoms with Crippen molar-refractivity contribution in [1.82, 2.24) is 10.3 Å². The topological polar surface area (TPSA) is 54.4 Å². The molecule has 0 bridgehead atoms. The Hall–Kier alpha value is -1.59. The number of thiazole rings is 1. The van der Waals surface area contributed by atoms with Crippen LogP contribution in [0.3, 0.4) is 0 Å². The fraction of sp³-hybridized carbons (Fsp3) is 0.308. The van der Waals surface area contributed by atoms with Crippen molar-refractivity contribution < 1.29 is 9.84 Å². The Morgan fingerprint density at radius 3 is 2.83 bits per heavy atom. The lowest BCUT2D eigenvalue weighted by molar-refractivity contribution is 0.406. The van der Waals surface area contributed by atoms with Crippen molar-refractivity contribution in [2.24, 2.45) is 0 Å². The Morgan fingerprint density at radius 2 is 2.22 bits per heavy atom. The summed E-state index contributed by atoms with van der Waals surface area (Å²) in [6, 6.07) is 5.32. The second kappa shape index (κ2) is 5.84. The summed E-state index contributed by atoms with van der Waals surface area (Å²) >= 11 is 1.68. The van der Waals surface area contributed by atoms with Crippen molar-refractivity contribution in [3.05, 3.63) is 39.8 Å². The highest BCUT2D eigenvalue weighted by Gasteiger charge is 2.03. The fourth-order valence-corrected chi connectivity index (χ4v) is 2.39. The summed E-state index contributed by atoms with van der Waals surface area (Å²) in [5.41, 5.74) is 0.858. The number of phenolic OH excluding ortho intramolecular Hbond substituents is 1. The highest BCUT2D eigenvalue weighted by Crippen LogP contribution is 2.23. The number of aromatic nitrogens is 1. The van der Waals surface area contributed by atoms with Crippen molar-refractivity contribution in [3.8, 4) is 11.5 Å². The molecule has 0 amide bonds. The molecular formula is C13H16N2O2S. The minimum Gasteiger partial charge on any atom is -0.507 e. The van der Waals surface area contributed by atoms with E-state index in [9.17, 15) is 5.11 Å². The number of nitrogens with zero attached hydrogens (tertiary/aromatic N) is 1. The maximum atomic E-state index is 9.79. The molecule has 96 valence electrons. The van der Waals surface area contributed by atoms with Crippen LogP contribution in [-0.2, 0) is 13.1 Å². The zero-order valence-corrected chi connectivity index (χ0v) is 11.3. The molecule has 4 nitrogen and oxygen atoms in total. The summed E-state index contributed by atoms with van der Waals surface area (Å²) in [6.07, 6.45) is 1.88. The molecule has 0 atom stereocenters. The molecule has 5 heteroatoms. The summed E-state index contributed by atoms with van der Waals surface area (Å²) in [5.74, 6) is 0.914. The van der Waals surface area contributed by atoms with Crippen LogP contribution in [0.5, 0.6) is 11.5 Å². The lowest BCUT2D eigenvalue weighted by atomic mass is 10.2. The third-order valence-corrected chi connectivity index (χ3v) is 3.49. The predicted molar refractivity (Wildman–Crippen MR) is 72.1 cm³/mol. The molecule has 0 aliphatic rings. The maximum absolute atomic E-state index is 9.79. The van der Waals surface area contributed by atoms with E-state index in [0.29, 0.717) is 12.3 Å². The highest BCUT2D eigenvalue weighted by atomic mass is 32.1. The molecule has 0 saturated heterocycles. The third-order valence-electron chi connectivity index (χ3n) is 2.58. The first kappa shape index (κ1) is 12.9. The average Bonchev–Trinajstić information content (AvgIpc) is 2.77. The molecule has 1 aromatic heterocycles. The molecule has 2 aromatic rings. The minimum atomic E-state index is 0.252. The molecule has 1 heterocycles. The van der Waals surface area contributed by atoms with E-state index >= 15 is 0 Å². The average molecular weight is 264 g/mol. The molecular weight excluding hydrogens is 248 g/mol. The molecule has 0 spiro atoms. The van der Waals surface area contributed by atoms with Crippen LogP contribution in [0, 0.1) is 6.92 Å². The number of aryl methyl sites for hydroxylation is 1. The SMILES string of the molecule is COc1ccc(CNCc2cnc(C)s2)c(O)c1. The first-order valence-corrected chi connectivity index (χ1v) is 6.48. The molecule has 0 fully saturated rings. The molecule has 0 unspecified atom stereocenters. The van der Waals surface area contributed by atoms with E-state index in [1.807, 2.05) is 25.3 Å². The van der Waals surface area contributed by atoms with E-state index in [0.717, 1.165) is 17.1 Å². The zero-order chi connectivity index (χ0) is 13.0. The number of hydrogen-bond acceptors (Lipinski definition) is 5. The van der Waals surface area contributed by atoms with Crippen molar-refractivity contribution in [2.75, 3.05) is 7.11 Å². The largest absolute Gasteiger partial charge is 0.507 e. The number of benzene rings is 1. The second-order valence-corrected chi connectivity index (χ2v) is 5.26. The Bertz CT molecular complexity index is 525. The van der Waals surface area contributed by atoms with Gasteiger partial charge in [-0.25, -0.2) is 4.98 Å². The second-order valence-electron chi connectivity index (χ2n) is 3.94. The van der Waals surface area contributed by atoms with Gasteiger partial charge < -0.3 is 15.2 Å². The number of aromatic hydroxyl groups is 1. The zero-order valence-electron chi connectivity index (χ0n) is 10.4. The van der Waals surface area contributed by atoms with Crippen molar-refractivity contribution in [3.63, 3.8) is 0 Å². The van der Waals surface area contributed by atoms with Crippen LogP contribution < -0.4 is 10.1 Å². The maximum Gasteiger partial charge on any atom is 0.123 e. The lowest BCUT2D eigenvalue weighted by Crippen LogP contribution is -2.11. The Kier molecular flexibility index (Phi) is 4.17. The van der Waals surface area contributed by atoms with Crippen LogP contribution in [0.15, 0.2) is 24.4 Å². The summed E-state index contributed by atoms with van der Waals surface area (Å²) in [5, 5.41) is 14.1. The number of hydrogen-bond donors (Lipinski definition) is 2. The van der Waals surface area contributed by atoms with Gasteiger partial charge in [0.15, 0.2) is 0 Å². The summed E-state index contributed by atoms with van der Waals surface area (Å²) < 4.78 is 5.04. The molecule has 0 aliphatic heterocycles. The lowest BCUT2D eigenvalue weighted by Gasteiger charge is -2.07. The third kappa shape index (κ3) is 3.21. The van der Waals surface area contributed by atoms with E-state index < -0.39 is 0 Å². The smallest absolute Gasteiger partial charge is 0.123 e. The fourth-order valence-electron chi connectivity index (χ4n) is 1.63. The standard InChI is InChI=1S/C13H16N2O2S/c1-9-15-8-12(18-9)7-14-6-10-3-4-11(17-2)5-13(10)16/h3-5,8,14,16H,6-7H2,1-2H3. The van der Waals surface area contributed by atoms with Gasteiger partial charge in [0.05, 0.1) is 12.1 Å². The van der Waals surface area contributed by atoms with Crippen LogP contribution in [0.4, 0.5) is 0 Å². The van der Waals surface area contributed by atoms with Gasteiger partial charge in [-0.2, -0.15) is 0 Å². The van der Waals surface area contributed by atoms with Crippen molar-refractivity contribution in [1.29, 1.82) is 0 Å². The van der Waals surface area contributed by atoms with Gasteiger partial charge in [-0.05, 0) is 13.0 Å². The Morgan fingerprint density at radius 1 is 1.39 bits per heavy atom. The summed E-state index contributed by atoms with van der Waals surface area (Å²) in [6.45, 7) is 3.37. The molecule has 0 aliphatic carbocycles. The van der Waals surface area contributed by atoms with Crippen LogP contribution >= 0.6 is 11.3 Å². The molecule has 2 N–H and O–H groups in total. The van der Waals surface area contributed by atoms with Gasteiger partial charge >= 0.3 is 0 Å². The minimum absolute atomic E-state index is 0.252. The number of methoxy groups -OCH3 is 1. The quantitative estimate of drug-likeness (QED) is 0.871.